The standard InChI is InChI=1S/C22H22ClNO5/c1-5-28-21-16(23)10-14(11-18(21)27-4)22(26)29-13(3)20(25)19-12(2)24-17-9-7-6-8-15(17)19/h6-11,13,24H,5H2,1-4H3/t13-/m0/s1. The Labute approximate surface area is 173 Å². The van der Waals surface area contributed by atoms with Gasteiger partial charge in [-0.25, -0.2) is 4.79 Å². The van der Waals surface area contributed by atoms with Gasteiger partial charge in [0.15, 0.2) is 17.6 Å². The van der Waals surface area contributed by atoms with Crippen LogP contribution in [0.1, 0.15) is 40.3 Å². The molecule has 0 radical (unpaired) electrons. The molecule has 0 spiro atoms. The van der Waals surface area contributed by atoms with E-state index in [1.165, 1.54) is 19.2 Å². The summed E-state index contributed by atoms with van der Waals surface area (Å²) in [4.78, 5) is 28.8. The minimum Gasteiger partial charge on any atom is -0.493 e. The quantitative estimate of drug-likeness (QED) is 0.435. The maximum atomic E-state index is 13.0. The Morgan fingerprint density at radius 2 is 1.93 bits per heavy atom. The molecule has 1 heterocycles. The van der Waals surface area contributed by atoms with Gasteiger partial charge in [0, 0.05) is 22.2 Å². The molecule has 0 aliphatic heterocycles. The zero-order valence-electron chi connectivity index (χ0n) is 16.7. The first-order valence-electron chi connectivity index (χ1n) is 9.20. The molecule has 3 aromatic rings. The average molecular weight is 416 g/mol. The first kappa shape index (κ1) is 20.7. The van der Waals surface area contributed by atoms with E-state index in [9.17, 15) is 9.59 Å². The fraction of sp³-hybridized carbons (Fsp3) is 0.273. The fourth-order valence-electron chi connectivity index (χ4n) is 3.20. The van der Waals surface area contributed by atoms with Crippen LogP contribution in [0.15, 0.2) is 36.4 Å². The third-order valence-corrected chi connectivity index (χ3v) is 4.83. The first-order valence-corrected chi connectivity index (χ1v) is 9.58. The fourth-order valence-corrected chi connectivity index (χ4v) is 3.47. The molecule has 29 heavy (non-hydrogen) atoms. The summed E-state index contributed by atoms with van der Waals surface area (Å²) in [5.74, 6) is -0.284. The third kappa shape index (κ3) is 4.07. The van der Waals surface area contributed by atoms with Crippen molar-refractivity contribution < 1.29 is 23.8 Å². The van der Waals surface area contributed by atoms with E-state index in [1.54, 1.807) is 6.92 Å². The van der Waals surface area contributed by atoms with E-state index in [1.807, 2.05) is 38.1 Å². The van der Waals surface area contributed by atoms with Gasteiger partial charge in [0.05, 0.1) is 24.3 Å². The zero-order valence-corrected chi connectivity index (χ0v) is 17.4. The number of halogens is 1. The molecule has 0 unspecified atom stereocenters. The minimum absolute atomic E-state index is 0.172. The van der Waals surface area contributed by atoms with E-state index in [0.717, 1.165) is 16.6 Å². The van der Waals surface area contributed by atoms with Gasteiger partial charge < -0.3 is 19.2 Å². The van der Waals surface area contributed by atoms with Crippen LogP contribution in [0.5, 0.6) is 11.5 Å². The van der Waals surface area contributed by atoms with Gasteiger partial charge in [0.1, 0.15) is 0 Å². The van der Waals surface area contributed by atoms with Gasteiger partial charge in [-0.3, -0.25) is 4.79 Å². The molecule has 0 aliphatic rings. The first-order chi connectivity index (χ1) is 13.9. The second-order valence-corrected chi connectivity index (χ2v) is 6.91. The number of methoxy groups -OCH3 is 1. The Kier molecular flexibility index (Phi) is 6.13. The molecular formula is C22H22ClNO5. The highest BCUT2D eigenvalue weighted by atomic mass is 35.5. The molecule has 1 aromatic heterocycles. The number of nitrogens with one attached hydrogen (secondary N) is 1. The van der Waals surface area contributed by atoms with Gasteiger partial charge in [0.25, 0.3) is 0 Å². The molecular weight excluding hydrogens is 394 g/mol. The number of aromatic nitrogens is 1. The molecule has 1 N–H and O–H groups in total. The third-order valence-electron chi connectivity index (χ3n) is 4.55. The normalized spacial score (nSPS) is 11.9. The summed E-state index contributed by atoms with van der Waals surface area (Å²) in [6, 6.07) is 10.4. The van der Waals surface area contributed by atoms with E-state index in [4.69, 9.17) is 25.8 Å². The Morgan fingerprint density at radius 3 is 2.62 bits per heavy atom. The van der Waals surface area contributed by atoms with Crippen molar-refractivity contribution in [2.75, 3.05) is 13.7 Å². The summed E-state index contributed by atoms with van der Waals surface area (Å²) in [7, 11) is 1.45. The molecule has 7 heteroatoms. The lowest BCUT2D eigenvalue weighted by Gasteiger charge is -2.15. The van der Waals surface area contributed by atoms with Gasteiger partial charge in [-0.15, -0.1) is 0 Å². The highest BCUT2D eigenvalue weighted by molar-refractivity contribution is 6.32. The molecule has 0 amide bonds. The van der Waals surface area contributed by atoms with Crippen molar-refractivity contribution in [2.24, 2.45) is 0 Å². The van der Waals surface area contributed by atoms with E-state index in [0.29, 0.717) is 23.7 Å². The van der Waals surface area contributed by atoms with E-state index in [-0.39, 0.29) is 16.4 Å². The Morgan fingerprint density at radius 1 is 1.21 bits per heavy atom. The summed E-state index contributed by atoms with van der Waals surface area (Å²) in [6.07, 6.45) is -0.975. The maximum absolute atomic E-state index is 13.0. The predicted molar refractivity (Wildman–Crippen MR) is 111 cm³/mol. The summed E-state index contributed by atoms with van der Waals surface area (Å²) < 4.78 is 16.1. The molecule has 152 valence electrons. The number of carbonyl (C=O) groups excluding carboxylic acids is 2. The highest BCUT2D eigenvalue weighted by Crippen LogP contribution is 2.36. The maximum Gasteiger partial charge on any atom is 0.339 e. The number of benzene rings is 2. The van der Waals surface area contributed by atoms with Crippen LogP contribution in [0.3, 0.4) is 0 Å². The topological polar surface area (TPSA) is 77.6 Å². The largest absolute Gasteiger partial charge is 0.493 e. The van der Waals surface area contributed by atoms with Crippen molar-refractivity contribution in [3.8, 4) is 11.5 Å². The predicted octanol–water partition coefficient (Wildman–Crippen LogP) is 4.97. The van der Waals surface area contributed by atoms with E-state index in [2.05, 4.69) is 4.98 Å². The molecule has 3 rings (SSSR count). The van der Waals surface area contributed by atoms with Crippen molar-refractivity contribution in [1.29, 1.82) is 0 Å². The van der Waals surface area contributed by atoms with Crippen LogP contribution in [-0.2, 0) is 4.74 Å². The van der Waals surface area contributed by atoms with Crippen molar-refractivity contribution in [3.63, 3.8) is 0 Å². The van der Waals surface area contributed by atoms with Crippen LogP contribution in [0.2, 0.25) is 5.02 Å². The number of aromatic amines is 1. The second-order valence-electron chi connectivity index (χ2n) is 6.50. The number of H-pyrrole nitrogens is 1. The average Bonchev–Trinajstić information content (AvgIpc) is 3.04. The number of hydrogen-bond donors (Lipinski definition) is 1. The SMILES string of the molecule is CCOc1c(Cl)cc(C(=O)O[C@@H](C)C(=O)c2c(C)[nH]c3ccccc23)cc1OC. The number of rotatable bonds is 7. The lowest BCUT2D eigenvalue weighted by Crippen LogP contribution is -2.25. The van der Waals surface area contributed by atoms with Gasteiger partial charge in [-0.2, -0.15) is 0 Å². The molecule has 0 saturated heterocycles. The number of esters is 1. The summed E-state index contributed by atoms with van der Waals surface area (Å²) in [6.45, 7) is 5.58. The van der Waals surface area contributed by atoms with Crippen LogP contribution in [0, 0.1) is 6.92 Å². The Hall–Kier alpha value is -2.99. The summed E-state index contributed by atoms with van der Waals surface area (Å²) >= 11 is 6.22. The number of ether oxygens (including phenoxy) is 3. The van der Waals surface area contributed by atoms with Crippen LogP contribution in [0.4, 0.5) is 0 Å². The van der Waals surface area contributed by atoms with Crippen molar-refractivity contribution >= 4 is 34.3 Å². The molecule has 0 fully saturated rings. The molecule has 0 bridgehead atoms. The van der Waals surface area contributed by atoms with Crippen LogP contribution in [-0.4, -0.2) is 36.6 Å². The van der Waals surface area contributed by atoms with Gasteiger partial charge in [0.2, 0.25) is 5.78 Å². The Bertz CT molecular complexity index is 1070. The molecule has 0 aliphatic carbocycles. The zero-order chi connectivity index (χ0) is 21.1. The van der Waals surface area contributed by atoms with Crippen molar-refractivity contribution in [1.82, 2.24) is 4.98 Å². The smallest absolute Gasteiger partial charge is 0.339 e. The number of hydrogen-bond acceptors (Lipinski definition) is 5. The minimum atomic E-state index is -0.975. The van der Waals surface area contributed by atoms with Crippen LogP contribution in [0.25, 0.3) is 10.9 Å². The number of ketones is 1. The van der Waals surface area contributed by atoms with Crippen molar-refractivity contribution in [3.05, 3.63) is 58.2 Å². The molecule has 6 nitrogen and oxygen atoms in total. The van der Waals surface area contributed by atoms with Gasteiger partial charge in [-0.05, 0) is 39.0 Å². The van der Waals surface area contributed by atoms with Gasteiger partial charge >= 0.3 is 5.97 Å². The van der Waals surface area contributed by atoms with Crippen LogP contribution >= 0.6 is 11.6 Å². The van der Waals surface area contributed by atoms with Gasteiger partial charge in [-0.1, -0.05) is 29.8 Å². The molecule has 2 aromatic carbocycles. The number of para-hydroxylation sites is 1. The number of fused-ring (bicyclic) bond motifs is 1. The van der Waals surface area contributed by atoms with E-state index >= 15 is 0 Å². The number of Topliss-reactive ketones (excluding diaryl/α,β-unsaturated/α-hetero) is 1. The number of aryl methyl sites for hydroxylation is 1. The van der Waals surface area contributed by atoms with Crippen molar-refractivity contribution in [2.45, 2.75) is 26.9 Å². The Balaban J connectivity index is 1.84. The molecule has 1 atom stereocenters. The monoisotopic (exact) mass is 415 g/mol. The molecule has 0 saturated carbocycles. The lowest BCUT2D eigenvalue weighted by atomic mass is 10.0. The lowest BCUT2D eigenvalue weighted by molar-refractivity contribution is 0.0318. The number of carbonyl (C=O) groups is 2. The van der Waals surface area contributed by atoms with Crippen LogP contribution < -0.4 is 9.47 Å². The summed E-state index contributed by atoms with van der Waals surface area (Å²) in [5.41, 5.74) is 2.27. The summed E-state index contributed by atoms with van der Waals surface area (Å²) in [5, 5.41) is 1.02. The van der Waals surface area contributed by atoms with E-state index < -0.39 is 12.1 Å². The second kappa shape index (κ2) is 8.57. The highest BCUT2D eigenvalue weighted by Gasteiger charge is 2.26.